The predicted octanol–water partition coefficient (Wildman–Crippen LogP) is 8.36. The maximum atomic E-state index is 6.38. The van der Waals surface area contributed by atoms with Crippen molar-refractivity contribution in [3.8, 4) is 11.5 Å². The Morgan fingerprint density at radius 1 is 0.714 bits per heavy atom. The fourth-order valence-electron chi connectivity index (χ4n) is 4.76. The summed E-state index contributed by atoms with van der Waals surface area (Å²) in [5, 5.41) is 0. The van der Waals surface area contributed by atoms with Gasteiger partial charge in [0.05, 0.1) is 0 Å². The van der Waals surface area contributed by atoms with Crippen LogP contribution in [0.2, 0.25) is 0 Å². The average Bonchev–Trinajstić information content (AvgIpc) is 2.69. The maximum Gasteiger partial charge on any atom is 0.131 e. The van der Waals surface area contributed by atoms with Crippen LogP contribution in [-0.2, 0) is 18.3 Å². The molecule has 0 bridgehead atoms. The first-order chi connectivity index (χ1) is 13.6. The average molecular weight is 379 g/mol. The Bertz CT molecular complexity index is 772. The minimum atomic E-state index is -0.0102. The molecule has 3 rings (SSSR count). The largest absolute Gasteiger partial charge is 0.457 e. The van der Waals surface area contributed by atoms with Crippen molar-refractivity contribution in [3.63, 3.8) is 0 Å². The number of aryl methyl sites for hydroxylation is 1. The molecule has 0 atom stereocenters. The highest BCUT2D eigenvalue weighted by atomic mass is 16.5. The van der Waals surface area contributed by atoms with Crippen LogP contribution in [0.15, 0.2) is 36.4 Å². The molecule has 0 aromatic heterocycles. The van der Waals surface area contributed by atoms with Crippen LogP contribution in [0.25, 0.3) is 0 Å². The third-order valence-corrected chi connectivity index (χ3v) is 6.36. The molecule has 2 aromatic rings. The van der Waals surface area contributed by atoms with Gasteiger partial charge >= 0.3 is 0 Å². The SMILES string of the molecule is CCCCCCc1ccc2c(c1CCCCCC)C(C)(C)c1ccccc1O2. The van der Waals surface area contributed by atoms with Crippen LogP contribution in [0, 0.1) is 0 Å². The van der Waals surface area contributed by atoms with Gasteiger partial charge in [-0.2, -0.15) is 0 Å². The molecule has 0 unspecified atom stereocenters. The molecule has 0 amide bonds. The van der Waals surface area contributed by atoms with Crippen LogP contribution in [0.1, 0.15) is 101 Å². The summed E-state index contributed by atoms with van der Waals surface area (Å²) in [5.41, 5.74) is 5.88. The second kappa shape index (κ2) is 9.63. The summed E-state index contributed by atoms with van der Waals surface area (Å²) in [6.07, 6.45) is 12.9. The second-order valence-corrected chi connectivity index (χ2v) is 8.92. The monoisotopic (exact) mass is 378 g/mol. The zero-order valence-corrected chi connectivity index (χ0v) is 18.4. The third kappa shape index (κ3) is 4.45. The van der Waals surface area contributed by atoms with Crippen LogP contribution in [-0.4, -0.2) is 0 Å². The normalized spacial score (nSPS) is 14.3. The topological polar surface area (TPSA) is 9.23 Å². The van der Waals surface area contributed by atoms with Crippen molar-refractivity contribution < 1.29 is 4.74 Å². The first-order valence-corrected chi connectivity index (χ1v) is 11.5. The summed E-state index contributed by atoms with van der Waals surface area (Å²) in [7, 11) is 0. The lowest BCUT2D eigenvalue weighted by Crippen LogP contribution is -2.26. The van der Waals surface area contributed by atoms with Gasteiger partial charge in [-0.1, -0.05) is 90.5 Å². The van der Waals surface area contributed by atoms with Crippen molar-refractivity contribution in [2.75, 3.05) is 0 Å². The summed E-state index contributed by atoms with van der Waals surface area (Å²) in [5.74, 6) is 2.10. The Hall–Kier alpha value is -1.76. The number of para-hydroxylation sites is 1. The maximum absolute atomic E-state index is 6.38. The standard InChI is InChI=1S/C27H38O/c1-5-7-9-11-15-21-19-20-25-26(22(21)16-12-10-8-6-2)27(3,4)23-17-13-14-18-24(23)28-25/h13-14,17-20H,5-12,15-16H2,1-4H3. The number of hydrogen-bond donors (Lipinski definition) is 0. The number of hydrogen-bond acceptors (Lipinski definition) is 1. The van der Waals surface area contributed by atoms with E-state index in [1.54, 1.807) is 11.1 Å². The number of rotatable bonds is 10. The first kappa shape index (κ1) is 21.0. The van der Waals surface area contributed by atoms with Gasteiger partial charge in [-0.15, -0.1) is 0 Å². The van der Waals surface area contributed by atoms with Gasteiger partial charge in [-0.3, -0.25) is 0 Å². The summed E-state index contributed by atoms with van der Waals surface area (Å²) in [6, 6.07) is 13.2. The highest BCUT2D eigenvalue weighted by Crippen LogP contribution is 2.50. The van der Waals surface area contributed by atoms with E-state index in [0.717, 1.165) is 11.5 Å². The van der Waals surface area contributed by atoms with Crippen LogP contribution in [0.3, 0.4) is 0 Å². The van der Waals surface area contributed by atoms with Gasteiger partial charge in [0.25, 0.3) is 0 Å². The molecule has 0 fully saturated rings. The Labute approximate surface area is 172 Å². The van der Waals surface area contributed by atoms with Crippen LogP contribution < -0.4 is 4.74 Å². The molecule has 0 saturated heterocycles. The Kier molecular flexibility index (Phi) is 7.21. The first-order valence-electron chi connectivity index (χ1n) is 11.5. The van der Waals surface area contributed by atoms with Crippen molar-refractivity contribution >= 4 is 0 Å². The summed E-state index contributed by atoms with van der Waals surface area (Å²) < 4.78 is 6.38. The van der Waals surface area contributed by atoms with Crippen molar-refractivity contribution in [2.45, 2.75) is 97.3 Å². The Morgan fingerprint density at radius 3 is 2.11 bits per heavy atom. The van der Waals surface area contributed by atoms with Gasteiger partial charge in [0.2, 0.25) is 0 Å². The van der Waals surface area contributed by atoms with Gasteiger partial charge in [-0.05, 0) is 48.9 Å². The van der Waals surface area contributed by atoms with E-state index in [9.17, 15) is 0 Å². The molecule has 1 aliphatic heterocycles. The fraction of sp³-hybridized carbons (Fsp3) is 0.556. The summed E-state index contributed by atoms with van der Waals surface area (Å²) in [6.45, 7) is 9.33. The van der Waals surface area contributed by atoms with Gasteiger partial charge in [0.15, 0.2) is 0 Å². The lowest BCUT2D eigenvalue weighted by molar-refractivity contribution is 0.414. The van der Waals surface area contributed by atoms with Crippen molar-refractivity contribution in [1.82, 2.24) is 0 Å². The van der Waals surface area contributed by atoms with Crippen LogP contribution >= 0.6 is 0 Å². The predicted molar refractivity (Wildman–Crippen MR) is 121 cm³/mol. The molecule has 0 aliphatic carbocycles. The van der Waals surface area contributed by atoms with E-state index in [-0.39, 0.29) is 5.41 Å². The number of unbranched alkanes of at least 4 members (excludes halogenated alkanes) is 6. The number of benzene rings is 2. The summed E-state index contributed by atoms with van der Waals surface area (Å²) in [4.78, 5) is 0. The Balaban J connectivity index is 1.95. The van der Waals surface area contributed by atoms with Gasteiger partial charge in [0, 0.05) is 16.5 Å². The van der Waals surface area contributed by atoms with Gasteiger partial charge < -0.3 is 4.74 Å². The van der Waals surface area contributed by atoms with E-state index >= 15 is 0 Å². The van der Waals surface area contributed by atoms with E-state index in [1.165, 1.54) is 75.3 Å². The minimum Gasteiger partial charge on any atom is -0.457 e. The van der Waals surface area contributed by atoms with Crippen LogP contribution in [0.5, 0.6) is 11.5 Å². The van der Waals surface area contributed by atoms with E-state index in [0.29, 0.717) is 0 Å². The van der Waals surface area contributed by atoms with E-state index < -0.39 is 0 Å². The van der Waals surface area contributed by atoms with Crippen molar-refractivity contribution in [3.05, 3.63) is 58.7 Å². The van der Waals surface area contributed by atoms with E-state index in [4.69, 9.17) is 4.74 Å². The molecule has 28 heavy (non-hydrogen) atoms. The van der Waals surface area contributed by atoms with Crippen molar-refractivity contribution in [1.29, 1.82) is 0 Å². The van der Waals surface area contributed by atoms with Crippen molar-refractivity contribution in [2.24, 2.45) is 0 Å². The molecule has 152 valence electrons. The molecule has 0 spiro atoms. The number of fused-ring (bicyclic) bond motifs is 2. The zero-order valence-electron chi connectivity index (χ0n) is 18.4. The minimum absolute atomic E-state index is 0.0102. The van der Waals surface area contributed by atoms with E-state index in [1.807, 2.05) is 0 Å². The molecule has 0 radical (unpaired) electrons. The quantitative estimate of drug-likeness (QED) is 0.377. The highest BCUT2D eigenvalue weighted by Gasteiger charge is 2.36. The molecule has 1 nitrogen and oxygen atoms in total. The lowest BCUT2D eigenvalue weighted by Gasteiger charge is -2.37. The molecule has 1 heterocycles. The molecule has 2 aromatic carbocycles. The molecular formula is C27H38O. The molecule has 1 aliphatic rings. The van der Waals surface area contributed by atoms with Crippen LogP contribution in [0.4, 0.5) is 0 Å². The highest BCUT2D eigenvalue weighted by molar-refractivity contribution is 5.60. The Morgan fingerprint density at radius 2 is 1.39 bits per heavy atom. The second-order valence-electron chi connectivity index (χ2n) is 8.92. The molecule has 0 saturated carbocycles. The summed E-state index contributed by atoms with van der Waals surface area (Å²) >= 11 is 0. The molecule has 1 heteroatoms. The van der Waals surface area contributed by atoms with Gasteiger partial charge in [-0.25, -0.2) is 0 Å². The van der Waals surface area contributed by atoms with Gasteiger partial charge in [0.1, 0.15) is 11.5 Å². The molecule has 0 N–H and O–H groups in total. The third-order valence-electron chi connectivity index (χ3n) is 6.36. The lowest BCUT2D eigenvalue weighted by atomic mass is 9.72. The molecular weight excluding hydrogens is 340 g/mol. The zero-order chi connectivity index (χ0) is 20.0. The smallest absolute Gasteiger partial charge is 0.131 e. The van der Waals surface area contributed by atoms with E-state index in [2.05, 4.69) is 64.1 Å². The number of ether oxygens (including phenoxy) is 1. The fourth-order valence-corrected chi connectivity index (χ4v) is 4.76.